The summed E-state index contributed by atoms with van der Waals surface area (Å²) in [6.07, 6.45) is 5.28. The van der Waals surface area contributed by atoms with Gasteiger partial charge in [-0.3, -0.25) is 0 Å². The third-order valence-electron chi connectivity index (χ3n) is 3.29. The van der Waals surface area contributed by atoms with Crippen molar-refractivity contribution in [1.29, 1.82) is 0 Å². The van der Waals surface area contributed by atoms with Crippen LogP contribution in [-0.2, 0) is 19.7 Å². The van der Waals surface area contributed by atoms with Crippen LogP contribution in [0.5, 0.6) is 0 Å². The van der Waals surface area contributed by atoms with Crippen LogP contribution in [0, 0.1) is 17.5 Å². The van der Waals surface area contributed by atoms with E-state index in [2.05, 4.69) is 0 Å². The van der Waals surface area contributed by atoms with Gasteiger partial charge in [-0.15, -0.1) is 0 Å². The van der Waals surface area contributed by atoms with E-state index in [0.717, 1.165) is 44.2 Å². The monoisotopic (exact) mass is 336 g/mol. The van der Waals surface area contributed by atoms with E-state index in [-0.39, 0.29) is 0 Å². The molecule has 0 bridgehead atoms. The minimum absolute atomic E-state index is 0.494. The molecule has 0 atom stereocenters. The van der Waals surface area contributed by atoms with Crippen molar-refractivity contribution in [2.45, 2.75) is 38.5 Å². The minimum atomic E-state index is -1.91. The van der Waals surface area contributed by atoms with Gasteiger partial charge in [-0.2, -0.15) is 0 Å². The van der Waals surface area contributed by atoms with Gasteiger partial charge in [-0.25, -0.2) is 13.2 Å². The SMILES string of the molecule is CO[SiH](OC)OCCCCCCCc1cc(F)c(F)c(F)c1. The lowest BCUT2D eigenvalue weighted by molar-refractivity contribution is 0.133. The Balaban J connectivity index is 2.09. The van der Waals surface area contributed by atoms with Crippen LogP contribution in [-0.4, -0.2) is 30.4 Å². The minimum Gasteiger partial charge on any atom is -0.379 e. The van der Waals surface area contributed by atoms with Crippen LogP contribution < -0.4 is 0 Å². The summed E-state index contributed by atoms with van der Waals surface area (Å²) in [6.45, 7) is 0.618. The normalized spacial score (nSPS) is 11.4. The highest BCUT2D eigenvalue weighted by atomic mass is 28.3. The smallest absolute Gasteiger partial charge is 0.379 e. The summed E-state index contributed by atoms with van der Waals surface area (Å²) in [7, 11) is 1.23. The first kappa shape index (κ1) is 19.2. The van der Waals surface area contributed by atoms with Gasteiger partial charge in [0.2, 0.25) is 0 Å². The highest BCUT2D eigenvalue weighted by molar-refractivity contribution is 6.36. The molecular weight excluding hydrogens is 313 g/mol. The summed E-state index contributed by atoms with van der Waals surface area (Å²) >= 11 is 0. The lowest BCUT2D eigenvalue weighted by Gasteiger charge is -2.11. The van der Waals surface area contributed by atoms with Crippen LogP contribution in [0.15, 0.2) is 12.1 Å². The van der Waals surface area contributed by atoms with Crippen molar-refractivity contribution in [2.75, 3.05) is 20.8 Å². The predicted octanol–water partition coefficient (Wildman–Crippen LogP) is 3.62. The number of benzene rings is 1. The number of unbranched alkanes of at least 4 members (excludes halogenated alkanes) is 4. The Labute approximate surface area is 131 Å². The fraction of sp³-hybridized carbons (Fsp3) is 0.600. The van der Waals surface area contributed by atoms with Crippen molar-refractivity contribution in [3.05, 3.63) is 35.1 Å². The quantitative estimate of drug-likeness (QED) is 0.351. The van der Waals surface area contributed by atoms with Crippen LogP contribution in [0.25, 0.3) is 0 Å². The average Bonchev–Trinajstić information content (AvgIpc) is 2.51. The zero-order valence-electron chi connectivity index (χ0n) is 13.0. The summed E-state index contributed by atoms with van der Waals surface area (Å²) in [5.41, 5.74) is 0.494. The maximum atomic E-state index is 13.0. The summed E-state index contributed by atoms with van der Waals surface area (Å²) in [4.78, 5) is 0. The Morgan fingerprint density at radius 3 is 2.00 bits per heavy atom. The molecule has 0 aliphatic heterocycles. The molecule has 3 nitrogen and oxygen atoms in total. The topological polar surface area (TPSA) is 27.7 Å². The van der Waals surface area contributed by atoms with Crippen molar-refractivity contribution in [3.8, 4) is 0 Å². The summed E-state index contributed by atoms with van der Waals surface area (Å²) < 4.78 is 54.4. The molecular formula is C15H23F3O3Si. The van der Waals surface area contributed by atoms with E-state index in [1.807, 2.05) is 0 Å². The van der Waals surface area contributed by atoms with Gasteiger partial charge >= 0.3 is 9.53 Å². The number of aryl methyl sites for hydroxylation is 1. The van der Waals surface area contributed by atoms with Crippen LogP contribution in [0.4, 0.5) is 13.2 Å². The van der Waals surface area contributed by atoms with E-state index in [1.54, 1.807) is 14.2 Å². The Morgan fingerprint density at radius 2 is 1.41 bits per heavy atom. The van der Waals surface area contributed by atoms with Gasteiger partial charge in [-0.1, -0.05) is 19.3 Å². The van der Waals surface area contributed by atoms with Crippen molar-refractivity contribution in [3.63, 3.8) is 0 Å². The third kappa shape index (κ3) is 6.91. The highest BCUT2D eigenvalue weighted by Crippen LogP contribution is 2.16. The van der Waals surface area contributed by atoms with E-state index < -0.39 is 27.0 Å². The molecule has 0 N–H and O–H groups in total. The molecule has 0 unspecified atom stereocenters. The fourth-order valence-corrected chi connectivity index (χ4v) is 2.95. The lowest BCUT2D eigenvalue weighted by atomic mass is 10.1. The molecule has 0 radical (unpaired) electrons. The second-order valence-corrected chi connectivity index (χ2v) is 6.88. The van der Waals surface area contributed by atoms with E-state index in [9.17, 15) is 13.2 Å². The van der Waals surface area contributed by atoms with Crippen molar-refractivity contribution in [1.82, 2.24) is 0 Å². The van der Waals surface area contributed by atoms with Gasteiger partial charge in [-0.05, 0) is 37.0 Å². The van der Waals surface area contributed by atoms with Crippen molar-refractivity contribution >= 4 is 9.53 Å². The molecule has 1 aromatic rings. The van der Waals surface area contributed by atoms with Gasteiger partial charge in [0.05, 0.1) is 0 Å². The van der Waals surface area contributed by atoms with E-state index in [0.29, 0.717) is 18.6 Å². The molecule has 1 aromatic carbocycles. The summed E-state index contributed by atoms with van der Waals surface area (Å²) in [5.74, 6) is -3.65. The van der Waals surface area contributed by atoms with E-state index in [1.165, 1.54) is 0 Å². The van der Waals surface area contributed by atoms with Crippen molar-refractivity contribution in [2.24, 2.45) is 0 Å². The number of hydrogen-bond donors (Lipinski definition) is 0. The fourth-order valence-electron chi connectivity index (χ4n) is 2.13. The molecule has 0 saturated heterocycles. The molecule has 22 heavy (non-hydrogen) atoms. The van der Waals surface area contributed by atoms with Gasteiger partial charge in [0.1, 0.15) is 0 Å². The molecule has 0 amide bonds. The molecule has 0 saturated carbocycles. The molecule has 0 spiro atoms. The first-order valence-electron chi connectivity index (χ1n) is 7.39. The third-order valence-corrected chi connectivity index (χ3v) is 4.57. The number of halogens is 3. The molecule has 0 aromatic heterocycles. The van der Waals surface area contributed by atoms with Gasteiger partial charge in [0.15, 0.2) is 17.5 Å². The number of hydrogen-bond acceptors (Lipinski definition) is 3. The molecule has 126 valence electrons. The average molecular weight is 336 g/mol. The first-order chi connectivity index (χ1) is 10.6. The molecule has 0 aliphatic carbocycles. The summed E-state index contributed by atoms with van der Waals surface area (Å²) in [5, 5.41) is 0. The molecule has 0 fully saturated rings. The van der Waals surface area contributed by atoms with Crippen LogP contribution in [0.2, 0.25) is 0 Å². The van der Waals surface area contributed by atoms with Crippen LogP contribution in [0.1, 0.15) is 37.7 Å². The standard InChI is InChI=1S/C15H23F3O3Si/c1-19-22(20-2)21-9-7-5-3-4-6-8-12-10-13(16)15(18)14(17)11-12/h10-11,22H,3-9H2,1-2H3. The van der Waals surface area contributed by atoms with Gasteiger partial charge in [0.25, 0.3) is 0 Å². The van der Waals surface area contributed by atoms with Crippen LogP contribution in [0.3, 0.4) is 0 Å². The molecule has 0 aliphatic rings. The maximum absolute atomic E-state index is 13.0. The Morgan fingerprint density at radius 1 is 0.864 bits per heavy atom. The summed E-state index contributed by atoms with van der Waals surface area (Å²) in [6, 6.07) is 2.12. The maximum Gasteiger partial charge on any atom is 0.483 e. The van der Waals surface area contributed by atoms with Gasteiger partial charge < -0.3 is 13.3 Å². The predicted molar refractivity (Wildman–Crippen MR) is 80.2 cm³/mol. The van der Waals surface area contributed by atoms with Crippen LogP contribution >= 0.6 is 0 Å². The Kier molecular flexibility index (Phi) is 9.38. The largest absolute Gasteiger partial charge is 0.483 e. The van der Waals surface area contributed by atoms with Crippen molar-refractivity contribution < 1.29 is 26.4 Å². The molecule has 7 heteroatoms. The second-order valence-electron chi connectivity index (χ2n) is 5.02. The first-order valence-corrected chi connectivity index (χ1v) is 8.80. The zero-order valence-corrected chi connectivity index (χ0v) is 14.2. The highest BCUT2D eigenvalue weighted by Gasteiger charge is 2.10. The van der Waals surface area contributed by atoms with E-state index in [4.69, 9.17) is 13.3 Å². The Bertz CT molecular complexity index is 419. The zero-order chi connectivity index (χ0) is 16.4. The second kappa shape index (κ2) is 10.8. The van der Waals surface area contributed by atoms with E-state index >= 15 is 0 Å². The van der Waals surface area contributed by atoms with Gasteiger partial charge in [0, 0.05) is 20.8 Å². The molecule has 1 rings (SSSR count). The molecule has 0 heterocycles. The Hall–Kier alpha value is -0.893. The number of rotatable bonds is 11. The lowest BCUT2D eigenvalue weighted by Crippen LogP contribution is -2.24.